The average Bonchev–Trinajstić information content (AvgIpc) is 2.77. The van der Waals surface area contributed by atoms with Crippen molar-refractivity contribution < 1.29 is 4.92 Å². The summed E-state index contributed by atoms with van der Waals surface area (Å²) in [6, 6.07) is 6.09. The first-order valence-corrected chi connectivity index (χ1v) is 6.59. The Kier molecular flexibility index (Phi) is 3.21. The summed E-state index contributed by atoms with van der Waals surface area (Å²) in [6.45, 7) is 2.10. The van der Waals surface area contributed by atoms with Crippen molar-refractivity contribution in [2.75, 3.05) is 0 Å². The molecule has 1 aromatic carbocycles. The van der Waals surface area contributed by atoms with E-state index < -0.39 is 4.92 Å². The summed E-state index contributed by atoms with van der Waals surface area (Å²) in [5.41, 5.74) is 2.36. The number of fused-ring (bicyclic) bond motifs is 1. The van der Waals surface area contributed by atoms with Crippen molar-refractivity contribution in [1.29, 1.82) is 0 Å². The van der Waals surface area contributed by atoms with Crippen molar-refractivity contribution >= 4 is 16.7 Å². The lowest BCUT2D eigenvalue weighted by atomic mass is 10.2. The number of nitro benzene ring substituents is 1. The number of non-ortho nitro benzene ring substituents is 1. The van der Waals surface area contributed by atoms with Crippen LogP contribution in [0, 0.1) is 17.0 Å². The second-order valence-electron chi connectivity index (χ2n) is 5.01. The Morgan fingerprint density at radius 1 is 1.27 bits per heavy atom. The van der Waals surface area contributed by atoms with Crippen molar-refractivity contribution in [3.8, 4) is 0 Å². The Hall–Kier alpha value is -3.03. The summed E-state index contributed by atoms with van der Waals surface area (Å²) in [4.78, 5) is 27.0. The molecule has 3 aromatic rings. The standard InChI is InChI=1S/C14H13N5O3/c1-9-12-13(17(2)16-9)14(20)18(8-15-12)7-10-3-5-11(6-4-10)19(21)22/h3-6,8H,7H2,1-2H3. The van der Waals surface area contributed by atoms with E-state index in [0.717, 1.165) is 5.56 Å². The fourth-order valence-electron chi connectivity index (χ4n) is 2.39. The highest BCUT2D eigenvalue weighted by atomic mass is 16.6. The highest BCUT2D eigenvalue weighted by Gasteiger charge is 2.12. The Morgan fingerprint density at radius 2 is 1.95 bits per heavy atom. The molecule has 0 aliphatic rings. The Bertz CT molecular complexity index is 924. The van der Waals surface area contributed by atoms with Crippen molar-refractivity contribution in [2.24, 2.45) is 7.05 Å². The molecular formula is C14H13N5O3. The third-order valence-corrected chi connectivity index (χ3v) is 3.48. The molecule has 8 nitrogen and oxygen atoms in total. The molecule has 0 unspecified atom stereocenters. The maximum atomic E-state index is 12.5. The van der Waals surface area contributed by atoms with Crippen molar-refractivity contribution in [2.45, 2.75) is 13.5 Å². The van der Waals surface area contributed by atoms with Gasteiger partial charge in [-0.1, -0.05) is 12.1 Å². The zero-order valence-corrected chi connectivity index (χ0v) is 12.1. The summed E-state index contributed by atoms with van der Waals surface area (Å²) >= 11 is 0. The predicted octanol–water partition coefficient (Wildman–Crippen LogP) is 1.39. The molecule has 0 aliphatic carbocycles. The summed E-state index contributed by atoms with van der Waals surface area (Å²) in [6.07, 6.45) is 1.47. The van der Waals surface area contributed by atoms with Gasteiger partial charge in [0.15, 0.2) is 5.52 Å². The van der Waals surface area contributed by atoms with Crippen molar-refractivity contribution in [3.05, 3.63) is 62.3 Å². The normalized spacial score (nSPS) is 11.0. The predicted molar refractivity (Wildman–Crippen MR) is 79.7 cm³/mol. The van der Waals surface area contributed by atoms with E-state index in [1.54, 1.807) is 26.1 Å². The Balaban J connectivity index is 2.00. The quantitative estimate of drug-likeness (QED) is 0.538. The van der Waals surface area contributed by atoms with Crippen LogP contribution in [0.4, 0.5) is 5.69 Å². The van der Waals surface area contributed by atoms with Gasteiger partial charge in [0.1, 0.15) is 5.52 Å². The number of aryl methyl sites for hydroxylation is 2. The monoisotopic (exact) mass is 299 g/mol. The molecule has 0 amide bonds. The minimum atomic E-state index is -0.456. The molecule has 112 valence electrons. The number of hydrogen-bond donors (Lipinski definition) is 0. The number of hydrogen-bond acceptors (Lipinski definition) is 5. The molecule has 2 heterocycles. The van der Waals surface area contributed by atoms with E-state index in [0.29, 0.717) is 23.3 Å². The fourth-order valence-corrected chi connectivity index (χ4v) is 2.39. The first kappa shape index (κ1) is 13.9. The van der Waals surface area contributed by atoms with E-state index in [1.807, 2.05) is 0 Å². The fraction of sp³-hybridized carbons (Fsp3) is 0.214. The van der Waals surface area contributed by atoms with Gasteiger partial charge in [0.05, 0.1) is 23.5 Å². The van der Waals surface area contributed by atoms with E-state index in [-0.39, 0.29) is 11.2 Å². The van der Waals surface area contributed by atoms with Crippen LogP contribution in [0.5, 0.6) is 0 Å². The molecule has 0 fully saturated rings. The van der Waals surface area contributed by atoms with E-state index in [9.17, 15) is 14.9 Å². The van der Waals surface area contributed by atoms with E-state index in [2.05, 4.69) is 10.1 Å². The highest BCUT2D eigenvalue weighted by Crippen LogP contribution is 2.13. The molecule has 22 heavy (non-hydrogen) atoms. The Morgan fingerprint density at radius 3 is 2.59 bits per heavy atom. The summed E-state index contributed by atoms with van der Waals surface area (Å²) < 4.78 is 2.98. The molecule has 0 spiro atoms. The first-order valence-electron chi connectivity index (χ1n) is 6.59. The van der Waals surface area contributed by atoms with Crippen molar-refractivity contribution in [3.63, 3.8) is 0 Å². The lowest BCUT2D eigenvalue weighted by Crippen LogP contribution is -2.22. The molecule has 0 aliphatic heterocycles. The molecule has 0 saturated heterocycles. The van der Waals surface area contributed by atoms with Crippen molar-refractivity contribution in [1.82, 2.24) is 19.3 Å². The second kappa shape index (κ2) is 5.06. The molecule has 8 heteroatoms. The van der Waals surface area contributed by atoms with Crippen LogP contribution in [0.2, 0.25) is 0 Å². The minimum Gasteiger partial charge on any atom is -0.293 e. The highest BCUT2D eigenvalue weighted by molar-refractivity contribution is 5.75. The first-order chi connectivity index (χ1) is 10.5. The third kappa shape index (κ3) is 2.24. The lowest BCUT2D eigenvalue weighted by molar-refractivity contribution is -0.384. The van der Waals surface area contributed by atoms with Gasteiger partial charge in [0.2, 0.25) is 0 Å². The molecule has 0 atom stereocenters. The van der Waals surface area contributed by atoms with Crippen LogP contribution in [0.25, 0.3) is 11.0 Å². The molecule has 0 saturated carbocycles. The van der Waals surface area contributed by atoms with E-state index in [1.165, 1.54) is 27.7 Å². The molecule has 3 rings (SSSR count). The summed E-state index contributed by atoms with van der Waals surface area (Å²) in [5.74, 6) is 0. The smallest absolute Gasteiger partial charge is 0.279 e. The molecule has 0 radical (unpaired) electrons. The number of benzene rings is 1. The van der Waals surface area contributed by atoms with Gasteiger partial charge in [-0.3, -0.25) is 24.2 Å². The zero-order valence-electron chi connectivity index (χ0n) is 12.1. The molecule has 0 bridgehead atoms. The third-order valence-electron chi connectivity index (χ3n) is 3.48. The summed E-state index contributed by atoms with van der Waals surface area (Å²) in [5, 5.41) is 14.8. The maximum absolute atomic E-state index is 12.5. The van der Waals surface area contributed by atoms with Gasteiger partial charge in [-0.05, 0) is 12.5 Å². The van der Waals surface area contributed by atoms with Crippen LogP contribution in [-0.4, -0.2) is 24.3 Å². The van der Waals surface area contributed by atoms with E-state index in [4.69, 9.17) is 0 Å². The minimum absolute atomic E-state index is 0.0203. The number of rotatable bonds is 3. The van der Waals surface area contributed by atoms with Crippen LogP contribution in [-0.2, 0) is 13.6 Å². The van der Waals surface area contributed by atoms with Gasteiger partial charge < -0.3 is 0 Å². The topological polar surface area (TPSA) is 95.8 Å². The van der Waals surface area contributed by atoms with Gasteiger partial charge >= 0.3 is 0 Å². The summed E-state index contributed by atoms with van der Waals surface area (Å²) in [7, 11) is 1.70. The number of nitrogens with zero attached hydrogens (tertiary/aromatic N) is 5. The molecular weight excluding hydrogens is 286 g/mol. The molecule has 0 N–H and O–H groups in total. The van der Waals surface area contributed by atoms with E-state index >= 15 is 0 Å². The lowest BCUT2D eigenvalue weighted by Gasteiger charge is -2.05. The van der Waals surface area contributed by atoms with Crippen LogP contribution in [0.15, 0.2) is 35.4 Å². The van der Waals surface area contributed by atoms with Crippen LogP contribution < -0.4 is 5.56 Å². The second-order valence-corrected chi connectivity index (χ2v) is 5.01. The average molecular weight is 299 g/mol. The zero-order chi connectivity index (χ0) is 15.9. The maximum Gasteiger partial charge on any atom is 0.279 e. The van der Waals surface area contributed by atoms with Crippen LogP contribution >= 0.6 is 0 Å². The van der Waals surface area contributed by atoms with Gasteiger partial charge in [0, 0.05) is 19.2 Å². The Labute approximate surface area is 124 Å². The van der Waals surface area contributed by atoms with Crippen LogP contribution in [0.3, 0.4) is 0 Å². The van der Waals surface area contributed by atoms with Gasteiger partial charge in [0.25, 0.3) is 11.2 Å². The largest absolute Gasteiger partial charge is 0.293 e. The SMILES string of the molecule is Cc1nn(C)c2c(=O)n(Cc3ccc([N+](=O)[O-])cc3)cnc12. The molecule has 2 aromatic heterocycles. The van der Waals surface area contributed by atoms with Gasteiger partial charge in [-0.15, -0.1) is 0 Å². The van der Waals surface area contributed by atoms with Gasteiger partial charge in [-0.2, -0.15) is 5.10 Å². The number of nitro groups is 1. The van der Waals surface area contributed by atoms with Gasteiger partial charge in [-0.25, -0.2) is 4.98 Å². The van der Waals surface area contributed by atoms with Crippen LogP contribution in [0.1, 0.15) is 11.3 Å². The number of aromatic nitrogens is 4.